The molecule has 2 aromatic rings. The van der Waals surface area contributed by atoms with Crippen LogP contribution in [0.4, 0.5) is 5.82 Å². The molecule has 5 heterocycles. The Kier molecular flexibility index (Phi) is 12.4. The Morgan fingerprint density at radius 3 is 2.12 bits per heavy atom. The van der Waals surface area contributed by atoms with Crippen LogP contribution in [0.15, 0.2) is 36.7 Å². The molecule has 3 aliphatic heterocycles. The van der Waals surface area contributed by atoms with Crippen LogP contribution < -0.4 is 11.5 Å². The average Bonchev–Trinajstić information content (AvgIpc) is 3.69. The van der Waals surface area contributed by atoms with Crippen molar-refractivity contribution in [2.75, 3.05) is 18.9 Å². The second-order valence-corrected chi connectivity index (χ2v) is 14.6. The molecule has 26 nitrogen and oxygen atoms in total. The lowest BCUT2D eigenvalue weighted by atomic mass is 10.1. The molecule has 0 radical (unpaired) electrons. The maximum atomic E-state index is 12.6. The predicted octanol–water partition coefficient (Wildman–Crippen LogP) is -2.50. The molecule has 10 atom stereocenters. The maximum absolute atomic E-state index is 12.6. The summed E-state index contributed by atoms with van der Waals surface area (Å²) >= 11 is 0. The van der Waals surface area contributed by atoms with Gasteiger partial charge in [0.25, 0.3) is 0 Å². The summed E-state index contributed by atoms with van der Waals surface area (Å²) in [5.74, 6) is -0.791. The topological polar surface area (TPSA) is 398 Å². The molecule has 2 saturated heterocycles. The average molecular weight is 777 g/mol. The fourth-order valence-corrected chi connectivity index (χ4v) is 7.57. The zero-order valence-electron chi connectivity index (χ0n) is 24.9. The standard InChI is InChI=1S/C21H30N7O17P3.O2/c22-17-12-19(25-7-24-17)28(8-26-12)21-16(44-46(33,34)35)14(30)11(43-21)6-41-48(38,39)45-47(36,37)40-5-10-13(29)15(31)20(42-10)27-3-1-2-9(4-27)18(23)32;1-2/h1,3-4,7-8,10-11,13-16,20-21,29-31H,2,5-6H2,(H2,23,32)(H,36,37)(H,38,39)(H2,22,24,25)(H2,33,34,35);/t10-,11-,13-,14-,15-,16-,20-,21-;/m1./s1. The van der Waals surface area contributed by atoms with Crippen molar-refractivity contribution < 1.29 is 80.7 Å². The van der Waals surface area contributed by atoms with Crippen LogP contribution in [-0.4, -0.2) is 121 Å². The van der Waals surface area contributed by atoms with Crippen LogP contribution in [0.5, 0.6) is 0 Å². The van der Waals surface area contributed by atoms with Crippen LogP contribution in [0.2, 0.25) is 0 Å². The third-order valence-electron chi connectivity index (χ3n) is 7.11. The van der Waals surface area contributed by atoms with E-state index in [0.29, 0.717) is 0 Å². The highest BCUT2D eigenvalue weighted by atomic mass is 31.3. The quantitative estimate of drug-likeness (QED) is 0.0949. The van der Waals surface area contributed by atoms with Crippen molar-refractivity contribution in [2.45, 2.75) is 55.5 Å². The van der Waals surface area contributed by atoms with E-state index in [4.69, 9.17) is 39.9 Å². The van der Waals surface area contributed by atoms with Gasteiger partial charge in [-0.3, -0.25) is 22.9 Å². The lowest BCUT2D eigenvalue weighted by Crippen LogP contribution is -2.40. The molecule has 0 aliphatic carbocycles. The molecule has 11 N–H and O–H groups in total. The first-order valence-electron chi connectivity index (χ1n) is 13.6. The van der Waals surface area contributed by atoms with E-state index in [1.807, 2.05) is 0 Å². The lowest BCUT2D eigenvalue weighted by molar-refractivity contribution is -0.115. The minimum Gasteiger partial charge on any atom is -0.387 e. The molecule has 29 heteroatoms. The number of aliphatic hydroxyl groups is 3. The third kappa shape index (κ3) is 9.20. The molecule has 0 aromatic carbocycles. The summed E-state index contributed by atoms with van der Waals surface area (Å²) in [5, 5.41) is 31.5. The Balaban J connectivity index is 0.00000276. The van der Waals surface area contributed by atoms with Gasteiger partial charge in [-0.15, -0.1) is 0 Å². The highest BCUT2D eigenvalue weighted by molar-refractivity contribution is 7.61. The monoisotopic (exact) mass is 777 g/mol. The minimum atomic E-state index is -5.52. The number of nitrogens with two attached hydrogens (primary N) is 2. The smallest absolute Gasteiger partial charge is 0.387 e. The Bertz CT molecular complexity index is 1760. The molecule has 0 spiro atoms. The molecule has 0 bridgehead atoms. The van der Waals surface area contributed by atoms with Gasteiger partial charge in [-0.2, -0.15) is 4.31 Å². The van der Waals surface area contributed by atoms with Crippen LogP contribution >= 0.6 is 23.5 Å². The lowest BCUT2D eigenvalue weighted by Gasteiger charge is -2.28. The number of phosphoric acid groups is 3. The molecule has 50 heavy (non-hydrogen) atoms. The van der Waals surface area contributed by atoms with Gasteiger partial charge in [-0.25, -0.2) is 28.6 Å². The van der Waals surface area contributed by atoms with E-state index in [9.17, 15) is 53.4 Å². The number of nitrogens with zero attached hydrogens (tertiary/aromatic N) is 5. The zero-order valence-corrected chi connectivity index (χ0v) is 27.6. The molecule has 0 saturated carbocycles. The van der Waals surface area contributed by atoms with Crippen LogP contribution in [0.3, 0.4) is 0 Å². The van der Waals surface area contributed by atoms with Crippen molar-refractivity contribution in [3.63, 3.8) is 0 Å². The second-order valence-electron chi connectivity index (χ2n) is 10.4. The number of aromatic nitrogens is 4. The molecule has 2 aromatic heterocycles. The Labute approximate surface area is 278 Å². The van der Waals surface area contributed by atoms with Crippen molar-refractivity contribution in [1.29, 1.82) is 0 Å². The van der Waals surface area contributed by atoms with E-state index in [2.05, 4.69) is 23.8 Å². The van der Waals surface area contributed by atoms with Gasteiger partial charge in [0.1, 0.15) is 48.5 Å². The third-order valence-corrected chi connectivity index (χ3v) is 10.2. The highest BCUT2D eigenvalue weighted by Gasteiger charge is 2.51. The Morgan fingerprint density at radius 2 is 1.52 bits per heavy atom. The SMILES string of the molecule is NC(=O)C1=CN([C@@H]2O[C@H](COP(=O)(O)OP(=O)(O)OC[C@H]3O[C@@H](n4cnc5c(N)ncnc54)[C@H](OP(=O)(O)O)[C@@H]3O)[C@@H](O)[C@H]2O)C=CC1.O=O. The van der Waals surface area contributed by atoms with Gasteiger partial charge in [0.05, 0.1) is 19.5 Å². The van der Waals surface area contributed by atoms with Crippen LogP contribution in [0.25, 0.3) is 11.2 Å². The molecule has 5 rings (SSSR count). The minimum absolute atomic E-state index is 0.00424. The Morgan fingerprint density at radius 1 is 0.920 bits per heavy atom. The van der Waals surface area contributed by atoms with Crippen LogP contribution in [0, 0.1) is 9.93 Å². The normalized spacial score (nSPS) is 30.7. The van der Waals surface area contributed by atoms with Crippen molar-refractivity contribution >= 4 is 46.4 Å². The maximum Gasteiger partial charge on any atom is 0.481 e. The highest BCUT2D eigenvalue weighted by Crippen LogP contribution is 2.61. The number of aliphatic hydroxyl groups excluding tert-OH is 3. The molecule has 2 unspecified atom stereocenters. The molecule has 3 aliphatic rings. The number of ether oxygens (including phenoxy) is 2. The molecular formula is C21H30N7O19P3. The van der Waals surface area contributed by atoms with Gasteiger partial charge >= 0.3 is 23.5 Å². The van der Waals surface area contributed by atoms with Gasteiger partial charge in [-0.1, -0.05) is 6.08 Å². The van der Waals surface area contributed by atoms with Gasteiger partial charge in [0, 0.05) is 27.9 Å². The number of rotatable bonds is 13. The molecule has 278 valence electrons. The first-order valence-corrected chi connectivity index (χ1v) is 18.2. The van der Waals surface area contributed by atoms with E-state index in [1.165, 1.54) is 23.4 Å². The zero-order chi connectivity index (χ0) is 37.2. The number of fused-ring (bicyclic) bond motifs is 1. The van der Waals surface area contributed by atoms with Crippen molar-refractivity contribution in [2.24, 2.45) is 5.73 Å². The van der Waals surface area contributed by atoms with E-state index >= 15 is 0 Å². The summed E-state index contributed by atoms with van der Waals surface area (Å²) < 4.78 is 67.2. The number of imidazole rings is 1. The van der Waals surface area contributed by atoms with E-state index in [0.717, 1.165) is 17.2 Å². The van der Waals surface area contributed by atoms with Crippen molar-refractivity contribution in [3.05, 3.63) is 46.6 Å². The van der Waals surface area contributed by atoms with Gasteiger partial charge in [-0.05, 0) is 6.42 Å². The van der Waals surface area contributed by atoms with Crippen molar-refractivity contribution in [1.82, 2.24) is 24.4 Å². The number of carbonyl (C=O) groups excluding carboxylic acids is 1. The fraction of sp³-hybridized carbons (Fsp3) is 0.524. The predicted molar refractivity (Wildman–Crippen MR) is 159 cm³/mol. The summed E-state index contributed by atoms with van der Waals surface area (Å²) in [6.07, 6.45) is -6.47. The number of anilines is 1. The van der Waals surface area contributed by atoms with Gasteiger partial charge < -0.3 is 60.7 Å². The largest absolute Gasteiger partial charge is 0.481 e. The van der Waals surface area contributed by atoms with Crippen LogP contribution in [-0.2, 0) is 45.8 Å². The van der Waals surface area contributed by atoms with Crippen LogP contribution in [0.1, 0.15) is 12.6 Å². The number of carbonyl (C=O) groups is 1. The number of nitrogen functional groups attached to an aromatic ring is 1. The molecule has 1 amide bonds. The summed E-state index contributed by atoms with van der Waals surface area (Å²) in [4.78, 5) is 77.4. The number of hydrogen-bond donors (Lipinski definition) is 9. The Hall–Kier alpha value is -3.13. The first kappa shape index (κ1) is 39.7. The summed E-state index contributed by atoms with van der Waals surface area (Å²) in [6.45, 7) is -2.02. The number of hydrogen-bond acceptors (Lipinski definition) is 20. The first-order chi connectivity index (χ1) is 23.4. The second kappa shape index (κ2) is 15.6. The van der Waals surface area contributed by atoms with Gasteiger partial charge in [0.15, 0.2) is 23.9 Å². The summed E-state index contributed by atoms with van der Waals surface area (Å²) in [6, 6.07) is 0. The number of allylic oxidation sites excluding steroid dienone is 1. The van der Waals surface area contributed by atoms with Gasteiger partial charge in [0.2, 0.25) is 5.91 Å². The number of primary amides is 1. The fourth-order valence-electron chi connectivity index (χ4n) is 4.93. The van der Waals surface area contributed by atoms with E-state index in [1.54, 1.807) is 0 Å². The molecule has 2 fully saturated rings. The summed E-state index contributed by atoms with van der Waals surface area (Å²) in [5.41, 5.74) is 11.3. The molecular weight excluding hydrogens is 747 g/mol. The van der Waals surface area contributed by atoms with E-state index < -0.39 is 91.7 Å². The summed E-state index contributed by atoms with van der Waals surface area (Å²) in [7, 11) is -16.3. The number of phosphoric ester groups is 3. The van der Waals surface area contributed by atoms with Crippen molar-refractivity contribution in [3.8, 4) is 0 Å². The number of amides is 1. The van der Waals surface area contributed by atoms with E-state index in [-0.39, 0.29) is 29.0 Å².